The Balaban J connectivity index is 2.13. The molecule has 2 rings (SSSR count). The summed E-state index contributed by atoms with van der Waals surface area (Å²) in [6, 6.07) is 15.5. The molecular weight excluding hydrogens is 789 g/mol. The molecular formula is C45H72N4O8S2. The third kappa shape index (κ3) is 20.8. The number of nitrogens with zero attached hydrogens (tertiary/aromatic N) is 4. The van der Waals surface area contributed by atoms with Gasteiger partial charge in [0.15, 0.2) is 0 Å². The van der Waals surface area contributed by atoms with Crippen LogP contribution in [0.3, 0.4) is 0 Å². The highest BCUT2D eigenvalue weighted by Crippen LogP contribution is 2.25. The van der Waals surface area contributed by atoms with E-state index in [1.807, 2.05) is 144 Å². The number of hydrogen-bond donors (Lipinski definition) is 0. The topological polar surface area (TPSA) is 118 Å². The minimum absolute atomic E-state index is 0.339. The molecule has 0 saturated carbocycles. The molecule has 0 aliphatic carbocycles. The molecule has 0 fully saturated rings. The standard InChI is InChI=1S/C45H72N4O8S2/c1-42(2,3)54-38(50)46(30-18-32-48(40(52)56-44(7,8)9)34-20-24-36(58-13)25-21-34)28-16-15-17-29-47(39(51)55-43(4,5)6)31-19-33-49(41(53)57-45(10,11)12)35-22-26-37(59-14)27-23-35/h20-27H,15-19,28-33H2,1-14H3. The smallest absolute Gasteiger partial charge is 0.414 e. The molecule has 0 spiro atoms. The Kier molecular flexibility index (Phi) is 20.3. The molecule has 0 N–H and O–H groups in total. The van der Waals surface area contributed by atoms with Gasteiger partial charge >= 0.3 is 24.4 Å². The number of carbonyl (C=O) groups is 4. The highest BCUT2D eigenvalue weighted by atomic mass is 32.2. The number of carbonyl (C=O) groups excluding carboxylic acids is 4. The highest BCUT2D eigenvalue weighted by Gasteiger charge is 2.28. The summed E-state index contributed by atoms with van der Waals surface area (Å²) in [4.78, 5) is 62.3. The fraction of sp³-hybridized carbons (Fsp3) is 0.644. The van der Waals surface area contributed by atoms with Crippen LogP contribution in [0.1, 0.15) is 115 Å². The second kappa shape index (κ2) is 23.3. The fourth-order valence-electron chi connectivity index (χ4n) is 5.67. The van der Waals surface area contributed by atoms with Gasteiger partial charge < -0.3 is 28.7 Å². The van der Waals surface area contributed by atoms with Crippen molar-refractivity contribution in [2.75, 3.05) is 61.6 Å². The number of anilines is 2. The van der Waals surface area contributed by atoms with Crippen molar-refractivity contribution in [3.8, 4) is 0 Å². The molecule has 0 saturated heterocycles. The number of amides is 4. The summed E-state index contributed by atoms with van der Waals surface area (Å²) in [5, 5.41) is 0. The third-order valence-electron chi connectivity index (χ3n) is 8.27. The SMILES string of the molecule is CSc1ccc(N(CCCN(CCCCCN(CCCN(C(=O)OC(C)(C)C)c2ccc(SC)cc2)C(=O)OC(C)(C)C)C(=O)OC(C)(C)C)C(=O)OC(C)(C)C)cc1. The molecule has 0 bridgehead atoms. The summed E-state index contributed by atoms with van der Waals surface area (Å²) in [6.45, 7) is 24.4. The van der Waals surface area contributed by atoms with Crippen molar-refractivity contribution in [1.29, 1.82) is 0 Å². The van der Waals surface area contributed by atoms with Crippen molar-refractivity contribution < 1.29 is 38.1 Å². The Morgan fingerprint density at radius 2 is 0.678 bits per heavy atom. The van der Waals surface area contributed by atoms with Gasteiger partial charge in [0, 0.05) is 60.4 Å². The van der Waals surface area contributed by atoms with Gasteiger partial charge in [-0.1, -0.05) is 0 Å². The number of rotatable bonds is 18. The highest BCUT2D eigenvalue weighted by molar-refractivity contribution is 7.98. The van der Waals surface area contributed by atoms with Gasteiger partial charge in [-0.3, -0.25) is 9.80 Å². The average molecular weight is 861 g/mol. The first-order valence-electron chi connectivity index (χ1n) is 20.6. The molecule has 0 aliphatic rings. The monoisotopic (exact) mass is 860 g/mol. The number of unbranched alkanes of at least 4 members (excludes halogenated alkanes) is 2. The molecule has 59 heavy (non-hydrogen) atoms. The van der Waals surface area contributed by atoms with Gasteiger partial charge in [0.05, 0.1) is 0 Å². The van der Waals surface area contributed by atoms with E-state index >= 15 is 0 Å². The summed E-state index contributed by atoms with van der Waals surface area (Å²) in [7, 11) is 0. The van der Waals surface area contributed by atoms with Crippen LogP contribution in [0.5, 0.6) is 0 Å². The molecule has 2 aromatic carbocycles. The summed E-state index contributed by atoms with van der Waals surface area (Å²) in [6.07, 6.45) is 5.34. The predicted molar refractivity (Wildman–Crippen MR) is 242 cm³/mol. The molecule has 0 heterocycles. The van der Waals surface area contributed by atoms with Crippen LogP contribution in [-0.4, -0.2) is 108 Å². The number of hydrogen-bond acceptors (Lipinski definition) is 10. The first-order chi connectivity index (χ1) is 27.3. The van der Waals surface area contributed by atoms with Gasteiger partial charge in [-0.15, -0.1) is 23.5 Å². The van der Waals surface area contributed by atoms with E-state index in [0.717, 1.165) is 27.6 Å². The molecule has 0 atom stereocenters. The number of benzene rings is 2. The zero-order valence-corrected chi connectivity index (χ0v) is 39.9. The van der Waals surface area contributed by atoms with E-state index in [9.17, 15) is 19.2 Å². The lowest BCUT2D eigenvalue weighted by atomic mass is 10.2. The maximum atomic E-state index is 13.4. The van der Waals surface area contributed by atoms with E-state index < -0.39 is 46.8 Å². The van der Waals surface area contributed by atoms with Crippen molar-refractivity contribution >= 4 is 59.3 Å². The van der Waals surface area contributed by atoms with E-state index in [1.165, 1.54) is 0 Å². The maximum Gasteiger partial charge on any atom is 0.414 e. The molecule has 0 unspecified atom stereocenters. The molecule has 0 aliphatic heterocycles. The normalized spacial score (nSPS) is 12.0. The zero-order valence-electron chi connectivity index (χ0n) is 38.3. The van der Waals surface area contributed by atoms with E-state index in [1.54, 1.807) is 43.1 Å². The Morgan fingerprint density at radius 1 is 0.407 bits per heavy atom. The van der Waals surface area contributed by atoms with Crippen molar-refractivity contribution in [3.63, 3.8) is 0 Å². The van der Waals surface area contributed by atoms with E-state index in [0.29, 0.717) is 65.0 Å². The minimum atomic E-state index is -0.679. The quantitative estimate of drug-likeness (QED) is 0.0814. The van der Waals surface area contributed by atoms with Gasteiger partial charge in [0.25, 0.3) is 0 Å². The van der Waals surface area contributed by atoms with Crippen LogP contribution < -0.4 is 9.80 Å². The second-order valence-electron chi connectivity index (χ2n) is 18.4. The zero-order chi connectivity index (χ0) is 44.6. The van der Waals surface area contributed by atoms with Crippen LogP contribution in [0.2, 0.25) is 0 Å². The molecule has 2 aromatic rings. The van der Waals surface area contributed by atoms with Crippen LogP contribution in [0.4, 0.5) is 30.6 Å². The van der Waals surface area contributed by atoms with Gasteiger partial charge in [0.1, 0.15) is 22.4 Å². The van der Waals surface area contributed by atoms with E-state index in [-0.39, 0.29) is 0 Å². The lowest BCUT2D eigenvalue weighted by molar-refractivity contribution is 0.0242. The molecule has 12 nitrogen and oxygen atoms in total. The van der Waals surface area contributed by atoms with E-state index in [4.69, 9.17) is 18.9 Å². The predicted octanol–water partition coefficient (Wildman–Crippen LogP) is 11.7. The van der Waals surface area contributed by atoms with Crippen molar-refractivity contribution in [2.45, 2.75) is 147 Å². The van der Waals surface area contributed by atoms with Crippen LogP contribution >= 0.6 is 23.5 Å². The number of thioether (sulfide) groups is 2. The molecule has 14 heteroatoms. The van der Waals surface area contributed by atoms with Crippen LogP contribution in [0, 0.1) is 0 Å². The Labute approximate surface area is 363 Å². The summed E-state index contributed by atoms with van der Waals surface area (Å²) < 4.78 is 23.0. The lowest BCUT2D eigenvalue weighted by Gasteiger charge is -2.30. The largest absolute Gasteiger partial charge is 0.444 e. The summed E-state index contributed by atoms with van der Waals surface area (Å²) >= 11 is 3.25. The minimum Gasteiger partial charge on any atom is -0.444 e. The van der Waals surface area contributed by atoms with Gasteiger partial charge in [-0.2, -0.15) is 0 Å². The molecule has 0 aromatic heterocycles. The second-order valence-corrected chi connectivity index (χ2v) is 20.1. The maximum absolute atomic E-state index is 13.4. The van der Waals surface area contributed by atoms with Crippen molar-refractivity contribution in [2.24, 2.45) is 0 Å². The Morgan fingerprint density at radius 3 is 0.949 bits per heavy atom. The van der Waals surface area contributed by atoms with Crippen molar-refractivity contribution in [3.05, 3.63) is 48.5 Å². The number of ether oxygens (including phenoxy) is 4. The van der Waals surface area contributed by atoms with Gasteiger partial charge in [-0.25, -0.2) is 19.2 Å². The van der Waals surface area contributed by atoms with Crippen LogP contribution in [0.15, 0.2) is 58.3 Å². The Bertz CT molecular complexity index is 1490. The lowest BCUT2D eigenvalue weighted by Crippen LogP contribution is -2.41. The third-order valence-corrected chi connectivity index (χ3v) is 9.76. The summed E-state index contributed by atoms with van der Waals surface area (Å²) in [5.41, 5.74) is -1.26. The Hall–Kier alpha value is -3.78. The van der Waals surface area contributed by atoms with Crippen LogP contribution in [0.25, 0.3) is 0 Å². The fourth-order valence-corrected chi connectivity index (χ4v) is 6.49. The van der Waals surface area contributed by atoms with Crippen LogP contribution in [-0.2, 0) is 18.9 Å². The molecule has 4 amide bonds. The molecule has 332 valence electrons. The van der Waals surface area contributed by atoms with Gasteiger partial charge in [-0.05, 0) is 176 Å². The molecule has 0 radical (unpaired) electrons. The van der Waals surface area contributed by atoms with Gasteiger partial charge in [0.2, 0.25) is 0 Å². The first-order valence-corrected chi connectivity index (χ1v) is 23.0. The summed E-state index contributed by atoms with van der Waals surface area (Å²) in [5.74, 6) is 0. The average Bonchev–Trinajstić information content (AvgIpc) is 3.10. The van der Waals surface area contributed by atoms with E-state index in [2.05, 4.69) is 0 Å². The first kappa shape index (κ1) is 51.4. The van der Waals surface area contributed by atoms with Crippen molar-refractivity contribution in [1.82, 2.24) is 9.80 Å².